The molecule has 1 atom stereocenters. The van der Waals surface area contributed by atoms with Crippen LogP contribution in [0.4, 0.5) is 0 Å². The van der Waals surface area contributed by atoms with Gasteiger partial charge in [0, 0.05) is 0 Å². The third-order valence-electron chi connectivity index (χ3n) is 3.76. The van der Waals surface area contributed by atoms with Gasteiger partial charge < -0.3 is 0 Å². The molecular weight excluding hydrogens is 156 g/mol. The smallest absolute Gasteiger partial charge is 0.0286 e. The fourth-order valence-corrected chi connectivity index (χ4v) is 2.96. The van der Waals surface area contributed by atoms with Crippen LogP contribution >= 0.6 is 0 Å². The predicted octanol–water partition coefficient (Wildman–Crippen LogP) is 4.46. The van der Waals surface area contributed by atoms with Gasteiger partial charge in [0.1, 0.15) is 0 Å². The number of allylic oxidation sites excluding steroid dienone is 2. The summed E-state index contributed by atoms with van der Waals surface area (Å²) in [7, 11) is 0. The molecule has 74 valence electrons. The van der Waals surface area contributed by atoms with Gasteiger partial charge in [0.2, 0.25) is 0 Å². The van der Waals surface area contributed by atoms with E-state index >= 15 is 0 Å². The van der Waals surface area contributed by atoms with Crippen LogP contribution in [0.1, 0.15) is 64.7 Å². The molecule has 0 aromatic heterocycles. The lowest BCUT2D eigenvalue weighted by Crippen LogP contribution is -1.94. The van der Waals surface area contributed by atoms with E-state index in [1.165, 1.54) is 57.8 Å². The van der Waals surface area contributed by atoms with Gasteiger partial charge in [0.25, 0.3) is 0 Å². The summed E-state index contributed by atoms with van der Waals surface area (Å²) in [5.74, 6) is 1.08. The fourth-order valence-electron chi connectivity index (χ4n) is 2.96. The second-order valence-electron chi connectivity index (χ2n) is 4.83. The zero-order valence-electron chi connectivity index (χ0n) is 8.94. The maximum absolute atomic E-state index is 2.29. The number of unbranched alkanes of at least 4 members (excludes halogenated alkanes) is 3. The number of hydrogen-bond acceptors (Lipinski definition) is 0. The third-order valence-corrected chi connectivity index (χ3v) is 3.76. The number of rotatable bonds is 5. The van der Waals surface area contributed by atoms with Crippen LogP contribution in [0.3, 0.4) is 0 Å². The van der Waals surface area contributed by atoms with Gasteiger partial charge in [0.05, 0.1) is 0 Å². The molecule has 0 heterocycles. The molecule has 2 aliphatic rings. The first-order valence-corrected chi connectivity index (χ1v) is 6.10. The van der Waals surface area contributed by atoms with Crippen molar-refractivity contribution in [2.45, 2.75) is 64.7 Å². The first-order valence-electron chi connectivity index (χ1n) is 6.10. The Morgan fingerprint density at radius 1 is 1.15 bits per heavy atom. The molecule has 2 aliphatic carbocycles. The lowest BCUT2D eigenvalue weighted by atomic mass is 9.95. The monoisotopic (exact) mass is 178 g/mol. The average molecular weight is 178 g/mol. The molecule has 1 fully saturated rings. The maximum Gasteiger partial charge on any atom is -0.0286 e. The van der Waals surface area contributed by atoms with E-state index in [2.05, 4.69) is 6.92 Å². The standard InChI is InChI=1S/C13H22/c1-2-3-4-5-6-12-9-11-7-8-13(12)10-11/h11H,2-10H2,1H3. The highest BCUT2D eigenvalue weighted by atomic mass is 14.3. The summed E-state index contributed by atoms with van der Waals surface area (Å²) in [5, 5.41) is 0. The summed E-state index contributed by atoms with van der Waals surface area (Å²) in [5.41, 5.74) is 3.73. The van der Waals surface area contributed by atoms with Gasteiger partial charge in [-0.05, 0) is 44.4 Å². The van der Waals surface area contributed by atoms with Gasteiger partial charge in [-0.15, -0.1) is 0 Å². The molecule has 1 unspecified atom stereocenters. The van der Waals surface area contributed by atoms with E-state index in [4.69, 9.17) is 0 Å². The predicted molar refractivity (Wildman–Crippen MR) is 57.7 cm³/mol. The van der Waals surface area contributed by atoms with E-state index in [1.54, 1.807) is 0 Å². The first-order chi connectivity index (χ1) is 6.40. The molecule has 0 aliphatic heterocycles. The summed E-state index contributed by atoms with van der Waals surface area (Å²) < 4.78 is 0. The summed E-state index contributed by atoms with van der Waals surface area (Å²) in [6.07, 6.45) is 13.1. The Morgan fingerprint density at radius 2 is 2.08 bits per heavy atom. The van der Waals surface area contributed by atoms with E-state index in [0.29, 0.717) is 0 Å². The Kier molecular flexibility index (Phi) is 3.08. The van der Waals surface area contributed by atoms with Crippen LogP contribution in [0.5, 0.6) is 0 Å². The van der Waals surface area contributed by atoms with E-state index in [-0.39, 0.29) is 0 Å². The van der Waals surface area contributed by atoms with Crippen LogP contribution in [-0.4, -0.2) is 0 Å². The Bertz CT molecular complexity index is 200. The second kappa shape index (κ2) is 4.30. The van der Waals surface area contributed by atoms with Crippen molar-refractivity contribution in [3.05, 3.63) is 11.1 Å². The molecule has 13 heavy (non-hydrogen) atoms. The minimum Gasteiger partial charge on any atom is -0.0707 e. The van der Waals surface area contributed by atoms with Crippen molar-refractivity contribution >= 4 is 0 Å². The molecule has 0 heteroatoms. The molecule has 2 rings (SSSR count). The van der Waals surface area contributed by atoms with Crippen molar-refractivity contribution in [1.82, 2.24) is 0 Å². The Morgan fingerprint density at radius 3 is 2.69 bits per heavy atom. The second-order valence-corrected chi connectivity index (χ2v) is 4.83. The largest absolute Gasteiger partial charge is 0.0707 e. The van der Waals surface area contributed by atoms with Crippen LogP contribution in [0.25, 0.3) is 0 Å². The third kappa shape index (κ3) is 2.15. The van der Waals surface area contributed by atoms with Gasteiger partial charge in [-0.1, -0.05) is 37.3 Å². The zero-order valence-corrected chi connectivity index (χ0v) is 8.94. The molecule has 0 nitrogen and oxygen atoms in total. The molecule has 0 aromatic carbocycles. The van der Waals surface area contributed by atoms with Crippen molar-refractivity contribution in [2.24, 2.45) is 5.92 Å². The average Bonchev–Trinajstić information content (AvgIpc) is 2.73. The van der Waals surface area contributed by atoms with E-state index in [0.717, 1.165) is 5.92 Å². The topological polar surface area (TPSA) is 0 Å². The van der Waals surface area contributed by atoms with E-state index < -0.39 is 0 Å². The molecule has 0 amide bonds. The zero-order chi connectivity index (χ0) is 9.10. The first kappa shape index (κ1) is 9.30. The van der Waals surface area contributed by atoms with Crippen molar-refractivity contribution in [3.8, 4) is 0 Å². The Labute approximate surface area is 82.4 Å². The van der Waals surface area contributed by atoms with Crippen LogP contribution < -0.4 is 0 Å². The minimum absolute atomic E-state index is 1.08. The quantitative estimate of drug-likeness (QED) is 0.431. The lowest BCUT2D eigenvalue weighted by Gasteiger charge is -2.11. The number of hydrogen-bond donors (Lipinski definition) is 0. The Hall–Kier alpha value is -0.260. The van der Waals surface area contributed by atoms with Gasteiger partial charge >= 0.3 is 0 Å². The molecule has 0 N–H and O–H groups in total. The molecule has 0 radical (unpaired) electrons. The van der Waals surface area contributed by atoms with Crippen molar-refractivity contribution in [1.29, 1.82) is 0 Å². The summed E-state index contributed by atoms with van der Waals surface area (Å²) >= 11 is 0. The number of fused-ring (bicyclic) bond motifs is 2. The molecule has 2 bridgehead atoms. The van der Waals surface area contributed by atoms with E-state index in [1.807, 2.05) is 11.1 Å². The van der Waals surface area contributed by atoms with Gasteiger partial charge in [-0.2, -0.15) is 0 Å². The minimum atomic E-state index is 1.08. The molecule has 0 spiro atoms. The Balaban J connectivity index is 1.70. The lowest BCUT2D eigenvalue weighted by molar-refractivity contribution is 0.545. The summed E-state index contributed by atoms with van der Waals surface area (Å²) in [6.45, 7) is 2.29. The van der Waals surface area contributed by atoms with Crippen LogP contribution in [-0.2, 0) is 0 Å². The fraction of sp³-hybridized carbons (Fsp3) is 0.846. The highest BCUT2D eigenvalue weighted by Crippen LogP contribution is 2.45. The molecule has 0 aromatic rings. The summed E-state index contributed by atoms with van der Waals surface area (Å²) in [4.78, 5) is 0. The van der Waals surface area contributed by atoms with Crippen LogP contribution in [0.15, 0.2) is 11.1 Å². The molecular formula is C13H22. The van der Waals surface area contributed by atoms with Crippen LogP contribution in [0, 0.1) is 5.92 Å². The van der Waals surface area contributed by atoms with Gasteiger partial charge in [-0.25, -0.2) is 0 Å². The highest BCUT2D eigenvalue weighted by Gasteiger charge is 2.29. The maximum atomic E-state index is 2.29. The van der Waals surface area contributed by atoms with Crippen molar-refractivity contribution in [2.75, 3.05) is 0 Å². The van der Waals surface area contributed by atoms with Crippen LogP contribution in [0.2, 0.25) is 0 Å². The normalized spacial score (nSPS) is 26.1. The molecule has 1 saturated carbocycles. The highest BCUT2D eigenvalue weighted by molar-refractivity contribution is 5.25. The van der Waals surface area contributed by atoms with E-state index in [9.17, 15) is 0 Å². The summed E-state index contributed by atoms with van der Waals surface area (Å²) in [6, 6.07) is 0. The molecule has 0 saturated heterocycles. The van der Waals surface area contributed by atoms with Gasteiger partial charge in [0.15, 0.2) is 0 Å². The van der Waals surface area contributed by atoms with Crippen molar-refractivity contribution < 1.29 is 0 Å². The van der Waals surface area contributed by atoms with Crippen molar-refractivity contribution in [3.63, 3.8) is 0 Å². The van der Waals surface area contributed by atoms with Gasteiger partial charge in [-0.3, -0.25) is 0 Å². The SMILES string of the molecule is CCCCCCC1=C2CCC(C1)C2.